The minimum absolute atomic E-state index is 0.529. The third kappa shape index (κ3) is 3.75. The van der Waals surface area contributed by atoms with E-state index in [9.17, 15) is 8.78 Å². The van der Waals surface area contributed by atoms with E-state index in [0.29, 0.717) is 28.9 Å². The third-order valence-corrected chi connectivity index (χ3v) is 3.47. The zero-order valence-electron chi connectivity index (χ0n) is 10.8. The number of benzene rings is 1. The average molecular weight is 293 g/mol. The summed E-state index contributed by atoms with van der Waals surface area (Å²) >= 11 is 0.529. The van der Waals surface area contributed by atoms with Gasteiger partial charge in [-0.1, -0.05) is 11.8 Å². The van der Waals surface area contributed by atoms with Crippen LogP contribution in [0.3, 0.4) is 0 Å². The Kier molecular flexibility index (Phi) is 4.64. The van der Waals surface area contributed by atoms with Gasteiger partial charge in [0.15, 0.2) is 0 Å². The van der Waals surface area contributed by atoms with E-state index in [4.69, 9.17) is 5.26 Å². The fraction of sp³-hybridized carbons (Fsp3) is 0.214. The third-order valence-electron chi connectivity index (χ3n) is 2.75. The van der Waals surface area contributed by atoms with Crippen LogP contribution in [0.15, 0.2) is 41.4 Å². The van der Waals surface area contributed by atoms with Gasteiger partial charge in [-0.25, -0.2) is 0 Å². The molecule has 1 aromatic carbocycles. The van der Waals surface area contributed by atoms with E-state index in [1.807, 2.05) is 19.3 Å². The first-order chi connectivity index (χ1) is 9.58. The standard InChI is InChI=1S/C14H13F2N3S/c1-19-9-10(6-12(19)7-17)8-18-11-2-4-13(5-3-11)20-14(15)16/h2-6,9,14,18H,8H2,1H3. The number of nitrogens with zero attached hydrogens (tertiary/aromatic N) is 2. The molecule has 0 aliphatic heterocycles. The Morgan fingerprint density at radius 3 is 2.60 bits per heavy atom. The van der Waals surface area contributed by atoms with Gasteiger partial charge in [0.25, 0.3) is 5.76 Å². The lowest BCUT2D eigenvalue weighted by atomic mass is 10.3. The number of aryl methyl sites for hydroxylation is 1. The number of anilines is 1. The molecular weight excluding hydrogens is 280 g/mol. The summed E-state index contributed by atoms with van der Waals surface area (Å²) in [6.45, 7) is 0.580. The van der Waals surface area contributed by atoms with Gasteiger partial charge in [0.2, 0.25) is 0 Å². The van der Waals surface area contributed by atoms with Crippen LogP contribution >= 0.6 is 11.8 Å². The van der Waals surface area contributed by atoms with E-state index in [2.05, 4.69) is 11.4 Å². The second kappa shape index (κ2) is 6.44. The molecule has 1 N–H and O–H groups in total. The van der Waals surface area contributed by atoms with Crippen LogP contribution in [0.1, 0.15) is 11.3 Å². The maximum absolute atomic E-state index is 12.2. The molecule has 1 heterocycles. The van der Waals surface area contributed by atoms with Gasteiger partial charge in [0, 0.05) is 30.4 Å². The van der Waals surface area contributed by atoms with E-state index < -0.39 is 5.76 Å². The predicted molar refractivity (Wildman–Crippen MR) is 75.8 cm³/mol. The molecule has 0 amide bonds. The van der Waals surface area contributed by atoms with Crippen molar-refractivity contribution in [2.45, 2.75) is 17.2 Å². The minimum atomic E-state index is -2.40. The smallest absolute Gasteiger partial charge is 0.288 e. The molecule has 3 nitrogen and oxygen atoms in total. The Morgan fingerprint density at radius 1 is 1.35 bits per heavy atom. The molecule has 1 aromatic heterocycles. The molecule has 0 aliphatic carbocycles. The Balaban J connectivity index is 1.95. The quantitative estimate of drug-likeness (QED) is 0.852. The number of thioether (sulfide) groups is 1. The van der Waals surface area contributed by atoms with Crippen LogP contribution in [0, 0.1) is 11.3 Å². The second-order valence-electron chi connectivity index (χ2n) is 4.21. The first-order valence-electron chi connectivity index (χ1n) is 5.92. The van der Waals surface area contributed by atoms with Gasteiger partial charge in [0.05, 0.1) is 0 Å². The molecule has 0 saturated carbocycles. The summed E-state index contributed by atoms with van der Waals surface area (Å²) in [6.07, 6.45) is 1.88. The molecule has 0 aliphatic rings. The number of hydrogen-bond acceptors (Lipinski definition) is 3. The van der Waals surface area contributed by atoms with Gasteiger partial charge < -0.3 is 9.88 Å². The summed E-state index contributed by atoms with van der Waals surface area (Å²) in [5.74, 6) is -2.40. The van der Waals surface area contributed by atoms with Crippen LogP contribution < -0.4 is 5.32 Å². The van der Waals surface area contributed by atoms with Crippen molar-refractivity contribution in [3.05, 3.63) is 47.8 Å². The summed E-state index contributed by atoms with van der Waals surface area (Å²) < 4.78 is 26.1. The monoisotopic (exact) mass is 293 g/mol. The van der Waals surface area contributed by atoms with Crippen LogP contribution in [0.25, 0.3) is 0 Å². The molecule has 0 radical (unpaired) electrons. The number of rotatable bonds is 5. The molecule has 6 heteroatoms. The molecule has 2 rings (SSSR count). The topological polar surface area (TPSA) is 40.8 Å². The van der Waals surface area contributed by atoms with Gasteiger partial charge >= 0.3 is 0 Å². The summed E-state index contributed by atoms with van der Waals surface area (Å²) in [7, 11) is 1.82. The highest BCUT2D eigenvalue weighted by molar-refractivity contribution is 7.99. The lowest BCUT2D eigenvalue weighted by molar-refractivity contribution is 0.252. The Bertz CT molecular complexity index is 614. The van der Waals surface area contributed by atoms with E-state index >= 15 is 0 Å². The molecule has 20 heavy (non-hydrogen) atoms. The van der Waals surface area contributed by atoms with Gasteiger partial charge in [0.1, 0.15) is 11.8 Å². The van der Waals surface area contributed by atoms with E-state index in [1.165, 1.54) is 0 Å². The van der Waals surface area contributed by atoms with Crippen LogP contribution in [0.2, 0.25) is 0 Å². The largest absolute Gasteiger partial charge is 0.381 e. The van der Waals surface area contributed by atoms with Crippen molar-refractivity contribution >= 4 is 17.4 Å². The molecule has 0 bridgehead atoms. The number of nitriles is 1. The van der Waals surface area contributed by atoms with Gasteiger partial charge in [-0.15, -0.1) is 0 Å². The SMILES string of the molecule is Cn1cc(CNc2ccc(SC(F)F)cc2)cc1C#N. The summed E-state index contributed by atoms with van der Waals surface area (Å²) in [4.78, 5) is 0.539. The van der Waals surface area contributed by atoms with E-state index in [0.717, 1.165) is 11.3 Å². The number of hydrogen-bond donors (Lipinski definition) is 1. The number of aromatic nitrogens is 1. The second-order valence-corrected chi connectivity index (χ2v) is 5.28. The van der Waals surface area contributed by atoms with Crippen LogP contribution in [-0.2, 0) is 13.6 Å². The normalized spacial score (nSPS) is 10.6. The Hall–Kier alpha value is -2.00. The van der Waals surface area contributed by atoms with Gasteiger partial charge in [-0.05, 0) is 35.9 Å². The van der Waals surface area contributed by atoms with Crippen molar-refractivity contribution in [3.8, 4) is 6.07 Å². The Labute approximate surface area is 120 Å². The van der Waals surface area contributed by atoms with Gasteiger partial charge in [-0.2, -0.15) is 14.0 Å². The highest BCUT2D eigenvalue weighted by Crippen LogP contribution is 2.26. The van der Waals surface area contributed by atoms with Crippen LogP contribution in [-0.4, -0.2) is 10.3 Å². The van der Waals surface area contributed by atoms with Crippen LogP contribution in [0.5, 0.6) is 0 Å². The molecule has 0 saturated heterocycles. The number of nitrogens with one attached hydrogen (secondary N) is 1. The van der Waals surface area contributed by atoms with Gasteiger partial charge in [-0.3, -0.25) is 0 Å². The zero-order valence-corrected chi connectivity index (χ0v) is 11.6. The highest BCUT2D eigenvalue weighted by atomic mass is 32.2. The Morgan fingerprint density at radius 2 is 2.05 bits per heavy atom. The van der Waals surface area contributed by atoms with Crippen molar-refractivity contribution in [2.24, 2.45) is 7.05 Å². The van der Waals surface area contributed by atoms with Crippen molar-refractivity contribution in [3.63, 3.8) is 0 Å². The van der Waals surface area contributed by atoms with Crippen LogP contribution in [0.4, 0.5) is 14.5 Å². The van der Waals surface area contributed by atoms with Crippen molar-refractivity contribution in [1.82, 2.24) is 4.57 Å². The summed E-state index contributed by atoms with van der Waals surface area (Å²) in [5, 5.41) is 12.1. The number of alkyl halides is 2. The predicted octanol–water partition coefficient (Wildman–Crippen LogP) is 3.82. The van der Waals surface area contributed by atoms with Crippen molar-refractivity contribution < 1.29 is 8.78 Å². The fourth-order valence-electron chi connectivity index (χ4n) is 1.80. The first-order valence-corrected chi connectivity index (χ1v) is 6.80. The van der Waals surface area contributed by atoms with E-state index in [1.54, 1.807) is 28.8 Å². The lowest BCUT2D eigenvalue weighted by Gasteiger charge is -2.06. The average Bonchev–Trinajstić information content (AvgIpc) is 2.78. The zero-order chi connectivity index (χ0) is 14.5. The van der Waals surface area contributed by atoms with Crippen molar-refractivity contribution in [1.29, 1.82) is 5.26 Å². The van der Waals surface area contributed by atoms with E-state index in [-0.39, 0.29) is 0 Å². The molecular formula is C14H13F2N3S. The fourth-order valence-corrected chi connectivity index (χ4v) is 2.30. The number of halogens is 2. The maximum atomic E-state index is 12.2. The summed E-state index contributed by atoms with van der Waals surface area (Å²) in [6, 6.07) is 10.8. The lowest BCUT2D eigenvalue weighted by Crippen LogP contribution is -1.98. The minimum Gasteiger partial charge on any atom is -0.381 e. The molecule has 0 spiro atoms. The molecule has 0 unspecified atom stereocenters. The maximum Gasteiger partial charge on any atom is 0.288 e. The molecule has 0 atom stereocenters. The first kappa shape index (κ1) is 14.4. The molecule has 0 fully saturated rings. The summed E-state index contributed by atoms with van der Waals surface area (Å²) in [5.41, 5.74) is 2.45. The van der Waals surface area contributed by atoms with Crippen molar-refractivity contribution in [2.75, 3.05) is 5.32 Å². The highest BCUT2D eigenvalue weighted by Gasteiger charge is 2.05. The molecule has 2 aromatic rings. The molecule has 104 valence electrons.